The Morgan fingerprint density at radius 1 is 1.06 bits per heavy atom. The van der Waals surface area contributed by atoms with Gasteiger partial charge in [-0.25, -0.2) is 0 Å². The normalized spacial score (nSPS) is 19.1. The molecule has 2 aromatic heterocycles. The minimum Gasteiger partial charge on any atom is -0.353 e. The monoisotopic (exact) mass is 428 g/mol. The first kappa shape index (κ1) is 22.2. The highest BCUT2D eigenvalue weighted by atomic mass is 16.2. The Morgan fingerprint density at radius 2 is 1.84 bits per heavy atom. The van der Waals surface area contributed by atoms with Crippen LogP contribution in [0.4, 0.5) is 0 Å². The lowest BCUT2D eigenvalue weighted by atomic mass is 9.73. The Balaban J connectivity index is 1.65. The molecule has 0 radical (unpaired) electrons. The standard InChI is InChI=1S/C27H32N4O/c1-21(2)30-26(32)27(12-7-15-31(20-27)19-22-8-5-13-28-17-22)16-23-9-3-4-11-25(23)24-10-6-14-29-18-24/h3-6,8-11,13-14,17-18,21H,7,12,15-16,19-20H2,1-2H3,(H,30,32)/t27-/m1/s1. The Morgan fingerprint density at radius 3 is 2.56 bits per heavy atom. The van der Waals surface area contributed by atoms with Crippen molar-refractivity contribution in [1.82, 2.24) is 20.2 Å². The van der Waals surface area contributed by atoms with Gasteiger partial charge in [0.1, 0.15) is 0 Å². The number of likely N-dealkylation sites (tertiary alicyclic amines) is 1. The Hall–Kier alpha value is -3.05. The van der Waals surface area contributed by atoms with Crippen LogP contribution in [0.3, 0.4) is 0 Å². The average molecular weight is 429 g/mol. The predicted octanol–water partition coefficient (Wildman–Crippen LogP) is 4.49. The van der Waals surface area contributed by atoms with Gasteiger partial charge in [0.05, 0.1) is 5.41 Å². The smallest absolute Gasteiger partial charge is 0.228 e. The molecule has 3 aromatic rings. The Bertz CT molecular complexity index is 1020. The maximum absolute atomic E-state index is 13.6. The van der Waals surface area contributed by atoms with Gasteiger partial charge in [-0.3, -0.25) is 19.7 Å². The minimum atomic E-state index is -0.469. The molecule has 0 saturated carbocycles. The lowest BCUT2D eigenvalue weighted by Crippen LogP contribution is -2.54. The molecule has 1 amide bonds. The van der Waals surface area contributed by atoms with E-state index in [9.17, 15) is 4.79 Å². The van der Waals surface area contributed by atoms with Gasteiger partial charge in [0.2, 0.25) is 5.91 Å². The van der Waals surface area contributed by atoms with Gasteiger partial charge >= 0.3 is 0 Å². The third kappa shape index (κ3) is 5.22. The number of pyridine rings is 2. The zero-order valence-corrected chi connectivity index (χ0v) is 19.0. The maximum Gasteiger partial charge on any atom is 0.228 e. The third-order valence-corrected chi connectivity index (χ3v) is 6.21. The number of nitrogens with zero attached hydrogens (tertiary/aromatic N) is 3. The van der Waals surface area contributed by atoms with Crippen molar-refractivity contribution in [3.05, 3.63) is 84.4 Å². The maximum atomic E-state index is 13.6. The minimum absolute atomic E-state index is 0.113. The van der Waals surface area contributed by atoms with E-state index in [4.69, 9.17) is 0 Å². The molecule has 0 bridgehead atoms. The Kier molecular flexibility index (Phi) is 6.96. The second kappa shape index (κ2) is 10.0. The van der Waals surface area contributed by atoms with Gasteiger partial charge < -0.3 is 5.32 Å². The molecule has 166 valence electrons. The second-order valence-corrected chi connectivity index (χ2v) is 9.16. The lowest BCUT2D eigenvalue weighted by Gasteiger charge is -2.42. The van der Waals surface area contributed by atoms with Gasteiger partial charge in [-0.2, -0.15) is 0 Å². The fourth-order valence-corrected chi connectivity index (χ4v) is 4.78. The van der Waals surface area contributed by atoms with Crippen LogP contribution in [0.5, 0.6) is 0 Å². The fourth-order valence-electron chi connectivity index (χ4n) is 4.78. The molecular formula is C27H32N4O. The van der Waals surface area contributed by atoms with Crippen LogP contribution in [-0.2, 0) is 17.8 Å². The van der Waals surface area contributed by atoms with Crippen LogP contribution >= 0.6 is 0 Å². The first-order chi connectivity index (χ1) is 15.6. The number of aromatic nitrogens is 2. The summed E-state index contributed by atoms with van der Waals surface area (Å²) in [5, 5.41) is 3.23. The number of rotatable bonds is 7. The molecule has 1 aromatic carbocycles. The topological polar surface area (TPSA) is 58.1 Å². The van der Waals surface area contributed by atoms with Crippen molar-refractivity contribution in [3.63, 3.8) is 0 Å². The van der Waals surface area contributed by atoms with Crippen LogP contribution < -0.4 is 5.32 Å². The quantitative estimate of drug-likeness (QED) is 0.602. The van der Waals surface area contributed by atoms with E-state index in [1.807, 2.05) is 38.4 Å². The van der Waals surface area contributed by atoms with Crippen molar-refractivity contribution in [3.8, 4) is 11.1 Å². The highest BCUT2D eigenvalue weighted by Crippen LogP contribution is 2.37. The summed E-state index contributed by atoms with van der Waals surface area (Å²) >= 11 is 0. The largest absolute Gasteiger partial charge is 0.353 e. The molecule has 1 saturated heterocycles. The van der Waals surface area contributed by atoms with E-state index in [1.54, 1.807) is 12.4 Å². The summed E-state index contributed by atoms with van der Waals surface area (Å²) in [6, 6.07) is 16.7. The van der Waals surface area contributed by atoms with Crippen LogP contribution in [0, 0.1) is 5.41 Å². The molecule has 5 nitrogen and oxygen atoms in total. The molecule has 4 rings (SSSR count). The van der Waals surface area contributed by atoms with Gasteiger partial charge in [0, 0.05) is 49.5 Å². The Labute approximate surface area is 190 Å². The van der Waals surface area contributed by atoms with Crippen LogP contribution in [0.15, 0.2) is 73.3 Å². The van der Waals surface area contributed by atoms with Gasteiger partial charge in [-0.15, -0.1) is 0 Å². The number of benzene rings is 1. The molecule has 32 heavy (non-hydrogen) atoms. The van der Waals surface area contributed by atoms with E-state index in [1.165, 1.54) is 11.1 Å². The van der Waals surface area contributed by atoms with Crippen molar-refractivity contribution in [1.29, 1.82) is 0 Å². The summed E-state index contributed by atoms with van der Waals surface area (Å²) in [6.07, 6.45) is 10.0. The van der Waals surface area contributed by atoms with Crippen molar-refractivity contribution < 1.29 is 4.79 Å². The van der Waals surface area contributed by atoms with Gasteiger partial charge in [-0.05, 0) is 68.5 Å². The fraction of sp³-hybridized carbons (Fsp3) is 0.370. The molecule has 5 heteroatoms. The summed E-state index contributed by atoms with van der Waals surface area (Å²) in [4.78, 5) is 24.6. The lowest BCUT2D eigenvalue weighted by molar-refractivity contribution is -0.135. The van der Waals surface area contributed by atoms with E-state index < -0.39 is 5.41 Å². The first-order valence-electron chi connectivity index (χ1n) is 11.5. The molecule has 1 N–H and O–H groups in total. The van der Waals surface area contributed by atoms with Crippen molar-refractivity contribution in [2.24, 2.45) is 5.41 Å². The number of carbonyl (C=O) groups excluding carboxylic acids is 1. The van der Waals surface area contributed by atoms with Crippen LogP contribution in [0.1, 0.15) is 37.8 Å². The highest BCUT2D eigenvalue weighted by molar-refractivity contribution is 5.84. The summed E-state index contributed by atoms with van der Waals surface area (Å²) in [7, 11) is 0. The van der Waals surface area contributed by atoms with Crippen LogP contribution in [0.25, 0.3) is 11.1 Å². The summed E-state index contributed by atoms with van der Waals surface area (Å²) in [5.74, 6) is 0.157. The highest BCUT2D eigenvalue weighted by Gasteiger charge is 2.42. The number of hydrogen-bond acceptors (Lipinski definition) is 4. The summed E-state index contributed by atoms with van der Waals surface area (Å²) in [6.45, 7) is 6.61. The zero-order chi connectivity index (χ0) is 22.4. The number of carbonyl (C=O) groups is 1. The molecule has 1 fully saturated rings. The van der Waals surface area contributed by atoms with E-state index >= 15 is 0 Å². The van der Waals surface area contributed by atoms with E-state index in [2.05, 4.69) is 56.6 Å². The van der Waals surface area contributed by atoms with Gasteiger partial charge in [-0.1, -0.05) is 36.4 Å². The van der Waals surface area contributed by atoms with Crippen LogP contribution in [0.2, 0.25) is 0 Å². The molecule has 1 atom stereocenters. The van der Waals surface area contributed by atoms with E-state index in [-0.39, 0.29) is 11.9 Å². The molecular weight excluding hydrogens is 396 g/mol. The van der Waals surface area contributed by atoms with E-state index in [0.29, 0.717) is 6.42 Å². The molecule has 0 aliphatic carbocycles. The SMILES string of the molecule is CC(C)NC(=O)[C@@]1(Cc2ccccc2-c2cccnc2)CCCN(Cc2cccnc2)C1. The van der Waals surface area contributed by atoms with Crippen molar-refractivity contribution in [2.75, 3.05) is 13.1 Å². The molecule has 1 aliphatic rings. The number of amides is 1. The van der Waals surface area contributed by atoms with Gasteiger partial charge in [0.15, 0.2) is 0 Å². The van der Waals surface area contributed by atoms with Crippen molar-refractivity contribution in [2.45, 2.75) is 45.7 Å². The molecule has 1 aliphatic heterocycles. The first-order valence-corrected chi connectivity index (χ1v) is 11.5. The summed E-state index contributed by atoms with van der Waals surface area (Å²) < 4.78 is 0. The van der Waals surface area contributed by atoms with E-state index in [0.717, 1.165) is 43.6 Å². The number of hydrogen-bond donors (Lipinski definition) is 1. The van der Waals surface area contributed by atoms with Gasteiger partial charge in [0.25, 0.3) is 0 Å². The summed E-state index contributed by atoms with van der Waals surface area (Å²) in [5.41, 5.74) is 4.15. The second-order valence-electron chi connectivity index (χ2n) is 9.16. The number of piperidine rings is 1. The number of nitrogens with one attached hydrogen (secondary N) is 1. The predicted molar refractivity (Wildman–Crippen MR) is 128 cm³/mol. The van der Waals surface area contributed by atoms with Crippen LogP contribution in [-0.4, -0.2) is 39.9 Å². The molecule has 0 unspecified atom stereocenters. The molecule has 3 heterocycles. The van der Waals surface area contributed by atoms with Crippen molar-refractivity contribution >= 4 is 5.91 Å². The average Bonchev–Trinajstić information content (AvgIpc) is 2.80. The molecule has 0 spiro atoms. The third-order valence-electron chi connectivity index (χ3n) is 6.21. The zero-order valence-electron chi connectivity index (χ0n) is 19.0.